The maximum Gasteiger partial charge on any atom is 0.128 e. The van der Waals surface area contributed by atoms with Crippen LogP contribution in [0, 0.1) is 5.82 Å². The second-order valence-electron chi connectivity index (χ2n) is 3.29. The minimum atomic E-state index is -0.295. The molecule has 0 unspecified atom stereocenters. The summed E-state index contributed by atoms with van der Waals surface area (Å²) in [4.78, 5) is 4.13. The highest BCUT2D eigenvalue weighted by Crippen LogP contribution is 2.28. The Labute approximate surface area is 93.7 Å². The molecule has 16 heavy (non-hydrogen) atoms. The lowest BCUT2D eigenvalue weighted by atomic mass is 10.1. The SMILES string of the molecule is CCOc1ccccc1-c1cc(F)ccn1. The van der Waals surface area contributed by atoms with E-state index >= 15 is 0 Å². The van der Waals surface area contributed by atoms with Crippen LogP contribution in [0.4, 0.5) is 4.39 Å². The molecule has 3 heteroatoms. The van der Waals surface area contributed by atoms with E-state index in [1.807, 2.05) is 31.2 Å². The zero-order chi connectivity index (χ0) is 11.4. The molecule has 0 bridgehead atoms. The topological polar surface area (TPSA) is 22.1 Å². The summed E-state index contributed by atoms with van der Waals surface area (Å²) in [7, 11) is 0. The van der Waals surface area contributed by atoms with Crippen LogP contribution in [0.1, 0.15) is 6.92 Å². The van der Waals surface area contributed by atoms with Crippen molar-refractivity contribution in [3.8, 4) is 17.0 Å². The maximum atomic E-state index is 13.1. The van der Waals surface area contributed by atoms with Crippen LogP contribution in [0.2, 0.25) is 0 Å². The van der Waals surface area contributed by atoms with E-state index in [0.717, 1.165) is 11.3 Å². The highest BCUT2D eigenvalue weighted by atomic mass is 19.1. The number of benzene rings is 1. The van der Waals surface area contributed by atoms with E-state index in [4.69, 9.17) is 4.74 Å². The lowest BCUT2D eigenvalue weighted by Gasteiger charge is -2.08. The van der Waals surface area contributed by atoms with Crippen LogP contribution in [-0.4, -0.2) is 11.6 Å². The van der Waals surface area contributed by atoms with E-state index < -0.39 is 0 Å². The third-order valence-electron chi connectivity index (χ3n) is 2.18. The number of nitrogens with zero attached hydrogens (tertiary/aromatic N) is 1. The molecule has 0 amide bonds. The van der Waals surface area contributed by atoms with Crippen LogP contribution in [-0.2, 0) is 0 Å². The summed E-state index contributed by atoms with van der Waals surface area (Å²) < 4.78 is 18.6. The number of hydrogen-bond donors (Lipinski definition) is 0. The van der Waals surface area contributed by atoms with Crippen molar-refractivity contribution in [1.82, 2.24) is 4.98 Å². The van der Waals surface area contributed by atoms with Gasteiger partial charge in [0.15, 0.2) is 0 Å². The van der Waals surface area contributed by atoms with Crippen molar-refractivity contribution in [3.63, 3.8) is 0 Å². The van der Waals surface area contributed by atoms with Gasteiger partial charge in [0.1, 0.15) is 11.6 Å². The third kappa shape index (κ3) is 2.19. The summed E-state index contributed by atoms with van der Waals surface area (Å²) in [6, 6.07) is 10.2. The van der Waals surface area contributed by atoms with Gasteiger partial charge < -0.3 is 4.74 Å². The first-order valence-corrected chi connectivity index (χ1v) is 5.15. The summed E-state index contributed by atoms with van der Waals surface area (Å²) >= 11 is 0. The van der Waals surface area contributed by atoms with Gasteiger partial charge in [0, 0.05) is 17.8 Å². The van der Waals surface area contributed by atoms with Crippen LogP contribution in [0.3, 0.4) is 0 Å². The number of ether oxygens (including phenoxy) is 1. The molecule has 0 radical (unpaired) electrons. The van der Waals surface area contributed by atoms with Crippen molar-refractivity contribution in [2.24, 2.45) is 0 Å². The first-order chi connectivity index (χ1) is 7.81. The molecule has 0 aliphatic heterocycles. The Morgan fingerprint density at radius 3 is 2.81 bits per heavy atom. The Balaban J connectivity index is 2.46. The first-order valence-electron chi connectivity index (χ1n) is 5.15. The fraction of sp³-hybridized carbons (Fsp3) is 0.154. The van der Waals surface area contributed by atoms with E-state index in [0.29, 0.717) is 12.3 Å². The van der Waals surface area contributed by atoms with Crippen LogP contribution in [0.5, 0.6) is 5.75 Å². The highest BCUT2D eigenvalue weighted by molar-refractivity contribution is 5.66. The molecule has 2 aromatic rings. The second kappa shape index (κ2) is 4.75. The van der Waals surface area contributed by atoms with E-state index in [-0.39, 0.29) is 5.82 Å². The number of para-hydroxylation sites is 1. The Bertz CT molecular complexity index is 485. The lowest BCUT2D eigenvalue weighted by molar-refractivity contribution is 0.341. The molecule has 0 saturated heterocycles. The molecule has 0 aliphatic carbocycles. The summed E-state index contributed by atoms with van der Waals surface area (Å²) in [5, 5.41) is 0. The molecule has 0 spiro atoms. The maximum absolute atomic E-state index is 13.1. The van der Waals surface area contributed by atoms with Gasteiger partial charge in [-0.3, -0.25) is 4.98 Å². The zero-order valence-electron chi connectivity index (χ0n) is 8.98. The fourth-order valence-electron chi connectivity index (χ4n) is 1.51. The van der Waals surface area contributed by atoms with Gasteiger partial charge in [-0.05, 0) is 25.1 Å². The summed E-state index contributed by atoms with van der Waals surface area (Å²) in [5.74, 6) is 0.430. The molecule has 0 aliphatic rings. The third-order valence-corrected chi connectivity index (χ3v) is 2.18. The minimum absolute atomic E-state index is 0.295. The number of rotatable bonds is 3. The molecule has 2 rings (SSSR count). The van der Waals surface area contributed by atoms with Gasteiger partial charge in [-0.25, -0.2) is 4.39 Å². The average Bonchev–Trinajstić information content (AvgIpc) is 2.30. The largest absolute Gasteiger partial charge is 0.493 e. The Kier molecular flexibility index (Phi) is 3.15. The van der Waals surface area contributed by atoms with Crippen molar-refractivity contribution in [1.29, 1.82) is 0 Å². The number of hydrogen-bond acceptors (Lipinski definition) is 2. The Morgan fingerprint density at radius 1 is 1.25 bits per heavy atom. The highest BCUT2D eigenvalue weighted by Gasteiger charge is 2.06. The van der Waals surface area contributed by atoms with Crippen LogP contribution in [0.15, 0.2) is 42.6 Å². The minimum Gasteiger partial charge on any atom is -0.493 e. The van der Waals surface area contributed by atoms with Gasteiger partial charge in [-0.15, -0.1) is 0 Å². The van der Waals surface area contributed by atoms with Gasteiger partial charge in [-0.2, -0.15) is 0 Å². The number of pyridine rings is 1. The van der Waals surface area contributed by atoms with E-state index in [9.17, 15) is 4.39 Å². The summed E-state index contributed by atoms with van der Waals surface area (Å²) in [5.41, 5.74) is 1.40. The second-order valence-corrected chi connectivity index (χ2v) is 3.29. The van der Waals surface area contributed by atoms with E-state index in [2.05, 4.69) is 4.98 Å². The predicted molar refractivity (Wildman–Crippen MR) is 60.8 cm³/mol. The normalized spacial score (nSPS) is 10.1. The predicted octanol–water partition coefficient (Wildman–Crippen LogP) is 3.29. The van der Waals surface area contributed by atoms with Gasteiger partial charge >= 0.3 is 0 Å². The van der Waals surface area contributed by atoms with Crippen molar-refractivity contribution >= 4 is 0 Å². The Hall–Kier alpha value is -1.90. The summed E-state index contributed by atoms with van der Waals surface area (Å²) in [6.45, 7) is 2.49. The van der Waals surface area contributed by atoms with Crippen molar-refractivity contribution in [3.05, 3.63) is 48.4 Å². The van der Waals surface area contributed by atoms with Crippen molar-refractivity contribution in [2.45, 2.75) is 6.92 Å². The zero-order valence-corrected chi connectivity index (χ0v) is 8.98. The molecule has 2 nitrogen and oxygen atoms in total. The van der Waals surface area contributed by atoms with E-state index in [1.54, 1.807) is 0 Å². The summed E-state index contributed by atoms with van der Waals surface area (Å²) in [6.07, 6.45) is 1.45. The van der Waals surface area contributed by atoms with Crippen molar-refractivity contribution < 1.29 is 9.13 Å². The van der Waals surface area contributed by atoms with Crippen molar-refractivity contribution in [2.75, 3.05) is 6.61 Å². The molecular formula is C13H12FNO. The molecule has 82 valence electrons. The Morgan fingerprint density at radius 2 is 2.06 bits per heavy atom. The molecule has 0 atom stereocenters. The first kappa shape index (κ1) is 10.6. The lowest BCUT2D eigenvalue weighted by Crippen LogP contribution is -1.95. The van der Waals surface area contributed by atoms with E-state index in [1.165, 1.54) is 18.3 Å². The monoisotopic (exact) mass is 217 g/mol. The molecule has 0 fully saturated rings. The average molecular weight is 217 g/mol. The molecule has 1 aromatic heterocycles. The van der Waals surface area contributed by atoms with Gasteiger partial charge in [0.05, 0.1) is 12.3 Å². The molecular weight excluding hydrogens is 205 g/mol. The van der Waals surface area contributed by atoms with Crippen LogP contribution >= 0.6 is 0 Å². The number of aromatic nitrogens is 1. The van der Waals surface area contributed by atoms with Crippen LogP contribution < -0.4 is 4.74 Å². The van der Waals surface area contributed by atoms with Gasteiger partial charge in [0.25, 0.3) is 0 Å². The quantitative estimate of drug-likeness (QED) is 0.787. The molecule has 0 saturated carbocycles. The standard InChI is InChI=1S/C13H12FNO/c1-2-16-13-6-4-3-5-11(13)12-9-10(14)7-8-15-12/h3-9H,2H2,1H3. The van der Waals surface area contributed by atoms with Crippen LogP contribution in [0.25, 0.3) is 11.3 Å². The smallest absolute Gasteiger partial charge is 0.128 e. The van der Waals surface area contributed by atoms with Gasteiger partial charge in [-0.1, -0.05) is 12.1 Å². The molecule has 0 N–H and O–H groups in total. The van der Waals surface area contributed by atoms with Gasteiger partial charge in [0.2, 0.25) is 0 Å². The molecule has 1 heterocycles. The fourth-order valence-corrected chi connectivity index (χ4v) is 1.51. The number of halogens is 1. The molecule has 1 aromatic carbocycles.